The van der Waals surface area contributed by atoms with Crippen LogP contribution in [0.1, 0.15) is 24.5 Å². The number of aliphatic hydroxyl groups is 1. The van der Waals surface area contributed by atoms with E-state index in [9.17, 15) is 5.11 Å². The van der Waals surface area contributed by atoms with Crippen molar-refractivity contribution in [3.63, 3.8) is 0 Å². The maximum atomic E-state index is 10.2. The zero-order chi connectivity index (χ0) is 11.5. The molecule has 3 heteroatoms. The lowest BCUT2D eigenvalue weighted by molar-refractivity contribution is 0.137. The molecule has 2 rings (SSSR count). The fraction of sp³-hybridized carbons (Fsp3) is 0.538. The Morgan fingerprint density at radius 3 is 2.50 bits per heavy atom. The summed E-state index contributed by atoms with van der Waals surface area (Å²) in [6, 6.07) is 8.35. The number of hydrogen-bond acceptors (Lipinski definition) is 3. The summed E-state index contributed by atoms with van der Waals surface area (Å²) >= 11 is 0. The van der Waals surface area contributed by atoms with Gasteiger partial charge < -0.3 is 15.3 Å². The topological polar surface area (TPSA) is 35.5 Å². The van der Waals surface area contributed by atoms with Crippen molar-refractivity contribution in [2.45, 2.75) is 25.0 Å². The minimum Gasteiger partial charge on any atom is -0.387 e. The summed E-state index contributed by atoms with van der Waals surface area (Å²) in [6.45, 7) is 1.03. The van der Waals surface area contributed by atoms with Gasteiger partial charge in [-0.15, -0.1) is 0 Å². The van der Waals surface area contributed by atoms with E-state index >= 15 is 0 Å². The van der Waals surface area contributed by atoms with Gasteiger partial charge >= 0.3 is 0 Å². The van der Waals surface area contributed by atoms with Crippen LogP contribution in [0.5, 0.6) is 0 Å². The second-order valence-electron chi connectivity index (χ2n) is 4.63. The first-order valence-electron chi connectivity index (χ1n) is 5.87. The molecule has 2 N–H and O–H groups in total. The summed E-state index contributed by atoms with van der Waals surface area (Å²) < 4.78 is 0. The Balaban J connectivity index is 2.08. The Bertz CT molecular complexity index is 328. The number of nitrogens with one attached hydrogen (secondary N) is 1. The zero-order valence-electron chi connectivity index (χ0n) is 9.98. The fourth-order valence-electron chi connectivity index (χ4n) is 2.18. The number of rotatable bonds is 3. The van der Waals surface area contributed by atoms with Crippen molar-refractivity contribution in [1.82, 2.24) is 5.32 Å². The van der Waals surface area contributed by atoms with Crippen molar-refractivity contribution in [1.29, 1.82) is 0 Å². The van der Waals surface area contributed by atoms with Gasteiger partial charge in [0.25, 0.3) is 0 Å². The van der Waals surface area contributed by atoms with Crippen molar-refractivity contribution >= 4 is 5.69 Å². The molecule has 16 heavy (non-hydrogen) atoms. The maximum absolute atomic E-state index is 10.2. The second kappa shape index (κ2) is 4.85. The molecule has 1 aliphatic heterocycles. The highest BCUT2D eigenvalue weighted by atomic mass is 16.3. The highest BCUT2D eigenvalue weighted by molar-refractivity contribution is 5.46. The molecule has 88 valence electrons. The molecule has 0 radical (unpaired) electrons. The zero-order valence-corrected chi connectivity index (χ0v) is 9.98. The third-order valence-electron chi connectivity index (χ3n) is 3.23. The highest BCUT2D eigenvalue weighted by Gasteiger charge is 2.23. The molecule has 2 unspecified atom stereocenters. The van der Waals surface area contributed by atoms with Crippen LogP contribution in [0.3, 0.4) is 0 Å². The number of nitrogens with zero attached hydrogens (tertiary/aromatic N) is 1. The van der Waals surface area contributed by atoms with Gasteiger partial charge in [0.1, 0.15) is 0 Å². The van der Waals surface area contributed by atoms with E-state index in [-0.39, 0.29) is 12.1 Å². The summed E-state index contributed by atoms with van der Waals surface area (Å²) in [4.78, 5) is 2.06. The molecule has 1 saturated heterocycles. The Hall–Kier alpha value is -1.06. The first kappa shape index (κ1) is 11.4. The minimum atomic E-state index is -0.376. The molecule has 1 fully saturated rings. The average Bonchev–Trinajstić information content (AvgIpc) is 2.81. The number of aliphatic hydroxyl groups excluding tert-OH is 1. The molecule has 2 atom stereocenters. The lowest BCUT2D eigenvalue weighted by atomic mass is 10.0. The lowest BCUT2D eigenvalue weighted by Crippen LogP contribution is -2.28. The lowest BCUT2D eigenvalue weighted by Gasteiger charge is -2.20. The monoisotopic (exact) mass is 220 g/mol. The van der Waals surface area contributed by atoms with E-state index in [1.165, 1.54) is 0 Å². The Morgan fingerprint density at radius 2 is 2.00 bits per heavy atom. The first-order valence-corrected chi connectivity index (χ1v) is 5.87. The minimum absolute atomic E-state index is 0.227. The summed E-state index contributed by atoms with van der Waals surface area (Å²) in [5.41, 5.74) is 2.17. The summed E-state index contributed by atoms with van der Waals surface area (Å²) in [7, 11) is 4.04. The molecule has 0 bridgehead atoms. The summed E-state index contributed by atoms with van der Waals surface area (Å²) in [5, 5.41) is 13.5. The third kappa shape index (κ3) is 2.36. The molecule has 3 nitrogen and oxygen atoms in total. The van der Waals surface area contributed by atoms with E-state index < -0.39 is 0 Å². The predicted molar refractivity (Wildman–Crippen MR) is 66.8 cm³/mol. The molecule has 1 aromatic carbocycles. The molecule has 0 aromatic heterocycles. The maximum Gasteiger partial charge on any atom is 0.0942 e. The van der Waals surface area contributed by atoms with Crippen molar-refractivity contribution < 1.29 is 5.11 Å². The molecule has 1 aromatic rings. The van der Waals surface area contributed by atoms with E-state index in [2.05, 4.69) is 10.2 Å². The molecule has 0 saturated carbocycles. The van der Waals surface area contributed by atoms with Gasteiger partial charge in [-0.2, -0.15) is 0 Å². The van der Waals surface area contributed by atoms with E-state index in [0.717, 1.165) is 30.6 Å². The van der Waals surface area contributed by atoms with Crippen molar-refractivity contribution in [3.05, 3.63) is 29.8 Å². The van der Waals surface area contributed by atoms with Crippen LogP contribution >= 0.6 is 0 Å². The van der Waals surface area contributed by atoms with Crippen LogP contribution in [-0.4, -0.2) is 31.8 Å². The van der Waals surface area contributed by atoms with Crippen molar-refractivity contribution in [2.24, 2.45) is 0 Å². The largest absolute Gasteiger partial charge is 0.387 e. The van der Waals surface area contributed by atoms with Crippen LogP contribution < -0.4 is 10.2 Å². The number of benzene rings is 1. The third-order valence-corrected chi connectivity index (χ3v) is 3.23. The number of hydrogen-bond donors (Lipinski definition) is 2. The quantitative estimate of drug-likeness (QED) is 0.811. The molecular formula is C13H20N2O. The fourth-order valence-corrected chi connectivity index (χ4v) is 2.18. The van der Waals surface area contributed by atoms with Gasteiger partial charge in [-0.3, -0.25) is 0 Å². The Kier molecular flexibility index (Phi) is 3.46. The van der Waals surface area contributed by atoms with E-state index in [1.54, 1.807) is 0 Å². The van der Waals surface area contributed by atoms with Crippen molar-refractivity contribution in [2.75, 3.05) is 25.5 Å². The molecule has 0 aliphatic carbocycles. The van der Waals surface area contributed by atoms with E-state index in [4.69, 9.17) is 0 Å². The SMILES string of the molecule is CN(C)c1ccc(C(O)C2CCCN2)cc1. The van der Waals surface area contributed by atoms with Crippen LogP contribution in [0.2, 0.25) is 0 Å². The van der Waals surface area contributed by atoms with Crippen molar-refractivity contribution in [3.8, 4) is 0 Å². The van der Waals surface area contributed by atoms with Crippen LogP contribution in [0.15, 0.2) is 24.3 Å². The van der Waals surface area contributed by atoms with Gasteiger partial charge in [-0.05, 0) is 37.1 Å². The Morgan fingerprint density at radius 1 is 1.31 bits per heavy atom. The first-order chi connectivity index (χ1) is 7.68. The highest BCUT2D eigenvalue weighted by Crippen LogP contribution is 2.24. The molecular weight excluding hydrogens is 200 g/mol. The number of anilines is 1. The van der Waals surface area contributed by atoms with Crippen LogP contribution in [0.25, 0.3) is 0 Å². The van der Waals surface area contributed by atoms with Gasteiger partial charge in [-0.25, -0.2) is 0 Å². The van der Waals surface area contributed by atoms with E-state index in [1.807, 2.05) is 38.4 Å². The van der Waals surface area contributed by atoms with Crippen LogP contribution in [-0.2, 0) is 0 Å². The molecule has 0 spiro atoms. The van der Waals surface area contributed by atoms with Gasteiger partial charge in [0.2, 0.25) is 0 Å². The van der Waals surface area contributed by atoms with Crippen LogP contribution in [0.4, 0.5) is 5.69 Å². The van der Waals surface area contributed by atoms with Crippen LogP contribution in [0, 0.1) is 0 Å². The van der Waals surface area contributed by atoms with Gasteiger partial charge in [0, 0.05) is 25.8 Å². The normalized spacial score (nSPS) is 22.1. The van der Waals surface area contributed by atoms with Gasteiger partial charge in [-0.1, -0.05) is 12.1 Å². The molecule has 1 aliphatic rings. The standard InChI is InChI=1S/C13H20N2O/c1-15(2)11-7-5-10(6-8-11)13(16)12-4-3-9-14-12/h5-8,12-14,16H,3-4,9H2,1-2H3. The van der Waals surface area contributed by atoms with Gasteiger partial charge in [0.05, 0.1) is 6.10 Å². The summed E-state index contributed by atoms with van der Waals surface area (Å²) in [6.07, 6.45) is 1.85. The predicted octanol–water partition coefficient (Wildman–Crippen LogP) is 1.54. The Labute approximate surface area is 97.1 Å². The molecule has 1 heterocycles. The van der Waals surface area contributed by atoms with E-state index in [0.29, 0.717) is 0 Å². The van der Waals surface area contributed by atoms with Gasteiger partial charge in [0.15, 0.2) is 0 Å². The smallest absolute Gasteiger partial charge is 0.0942 e. The second-order valence-corrected chi connectivity index (χ2v) is 4.63. The molecule has 0 amide bonds. The average molecular weight is 220 g/mol. The summed E-state index contributed by atoms with van der Waals surface area (Å²) in [5.74, 6) is 0.